The molecule has 0 fully saturated rings. The number of carbonyl (C=O) groups excluding carboxylic acids is 2. The Balaban J connectivity index is 1.77. The summed E-state index contributed by atoms with van der Waals surface area (Å²) in [6, 6.07) is 13.9. The van der Waals surface area contributed by atoms with Crippen LogP contribution in [0.4, 0.5) is 4.39 Å². The molecule has 178 valence electrons. The lowest BCUT2D eigenvalue weighted by Crippen LogP contribution is -2.36. The molecule has 1 aliphatic heterocycles. The molecule has 6 nitrogen and oxygen atoms in total. The van der Waals surface area contributed by atoms with Crippen molar-refractivity contribution in [1.82, 2.24) is 5.32 Å². The van der Waals surface area contributed by atoms with Crippen molar-refractivity contribution in [2.45, 2.75) is 31.6 Å². The van der Waals surface area contributed by atoms with Crippen LogP contribution in [0.15, 0.2) is 71.1 Å². The van der Waals surface area contributed by atoms with Crippen molar-refractivity contribution in [2.24, 2.45) is 0 Å². The van der Waals surface area contributed by atoms with E-state index in [2.05, 4.69) is 5.32 Å². The summed E-state index contributed by atoms with van der Waals surface area (Å²) in [5, 5.41) is 3.27. The highest BCUT2D eigenvalue weighted by molar-refractivity contribution is 6.04. The van der Waals surface area contributed by atoms with E-state index in [0.29, 0.717) is 23.4 Å². The molecule has 0 radical (unpaired) electrons. The Morgan fingerprint density at radius 1 is 1.03 bits per heavy atom. The molecule has 1 heterocycles. The standard InChI is InChI=1S/C27H28FNO5/c1-16-24(27(31)34-13-12-32-2)25(19-9-4-6-10-20(19)28)26-21(29-16)14-17(15-22(26)30)18-8-5-7-11-23(18)33-3/h4-11,17,25,29H,12-15H2,1-3H3/t17-,25-/m1/s1. The molecule has 2 aromatic rings. The first-order chi connectivity index (χ1) is 16.5. The van der Waals surface area contributed by atoms with Crippen LogP contribution in [0.1, 0.15) is 42.7 Å². The third kappa shape index (κ3) is 4.48. The molecule has 0 saturated heterocycles. The van der Waals surface area contributed by atoms with Gasteiger partial charge in [0, 0.05) is 42.0 Å². The molecule has 1 N–H and O–H groups in total. The molecule has 7 heteroatoms. The lowest BCUT2D eigenvalue weighted by molar-refractivity contribution is -0.140. The van der Waals surface area contributed by atoms with Crippen LogP contribution in [0.2, 0.25) is 0 Å². The number of dihydropyridines is 1. The number of methoxy groups -OCH3 is 2. The third-order valence-corrected chi connectivity index (χ3v) is 6.36. The Labute approximate surface area is 198 Å². The van der Waals surface area contributed by atoms with E-state index >= 15 is 4.39 Å². The first-order valence-corrected chi connectivity index (χ1v) is 11.2. The Hall–Kier alpha value is -3.45. The SMILES string of the molecule is COCCOC(=O)C1=C(C)NC2=C(C(=O)C[C@H](c3ccccc3OC)C2)[C@@H]1c1ccccc1F. The van der Waals surface area contributed by atoms with Crippen molar-refractivity contribution < 1.29 is 28.2 Å². The van der Waals surface area contributed by atoms with Crippen LogP contribution in [-0.2, 0) is 19.1 Å². The Morgan fingerprint density at radius 3 is 2.44 bits per heavy atom. The summed E-state index contributed by atoms with van der Waals surface area (Å²) in [5.41, 5.74) is 3.12. The smallest absolute Gasteiger partial charge is 0.336 e. The fourth-order valence-electron chi connectivity index (χ4n) is 4.85. The van der Waals surface area contributed by atoms with Crippen LogP contribution >= 0.6 is 0 Å². The second-order valence-corrected chi connectivity index (χ2v) is 8.41. The maximum Gasteiger partial charge on any atom is 0.336 e. The van der Waals surface area contributed by atoms with Gasteiger partial charge in [-0.15, -0.1) is 0 Å². The lowest BCUT2D eigenvalue weighted by Gasteiger charge is -2.37. The van der Waals surface area contributed by atoms with Gasteiger partial charge in [-0.25, -0.2) is 9.18 Å². The van der Waals surface area contributed by atoms with Crippen molar-refractivity contribution in [2.75, 3.05) is 27.4 Å². The third-order valence-electron chi connectivity index (χ3n) is 6.36. The van der Waals surface area contributed by atoms with E-state index in [-0.39, 0.29) is 42.5 Å². The number of rotatable bonds is 7. The molecule has 0 bridgehead atoms. The van der Waals surface area contributed by atoms with Crippen molar-refractivity contribution in [3.63, 3.8) is 0 Å². The number of esters is 1. The highest BCUT2D eigenvalue weighted by Crippen LogP contribution is 2.47. The number of allylic oxidation sites excluding steroid dienone is 3. The summed E-state index contributed by atoms with van der Waals surface area (Å²) in [6.07, 6.45) is 0.770. The number of hydrogen-bond donors (Lipinski definition) is 1. The van der Waals surface area contributed by atoms with Gasteiger partial charge in [0.1, 0.15) is 18.2 Å². The first-order valence-electron chi connectivity index (χ1n) is 11.2. The van der Waals surface area contributed by atoms with Crippen molar-refractivity contribution in [1.29, 1.82) is 0 Å². The summed E-state index contributed by atoms with van der Waals surface area (Å²) in [7, 11) is 3.12. The van der Waals surface area contributed by atoms with Gasteiger partial charge in [-0.1, -0.05) is 36.4 Å². The summed E-state index contributed by atoms with van der Waals surface area (Å²) < 4.78 is 30.9. The van der Waals surface area contributed by atoms with Gasteiger partial charge < -0.3 is 19.5 Å². The van der Waals surface area contributed by atoms with Gasteiger partial charge >= 0.3 is 5.97 Å². The number of ether oxygens (including phenoxy) is 3. The normalized spacial score (nSPS) is 20.1. The van der Waals surface area contributed by atoms with Gasteiger partial charge in [-0.05, 0) is 31.0 Å². The van der Waals surface area contributed by atoms with Gasteiger partial charge in [0.2, 0.25) is 0 Å². The van der Waals surface area contributed by atoms with E-state index < -0.39 is 17.7 Å². The monoisotopic (exact) mass is 465 g/mol. The number of hydrogen-bond acceptors (Lipinski definition) is 6. The fraction of sp³-hybridized carbons (Fsp3) is 0.333. The van der Waals surface area contributed by atoms with Gasteiger partial charge in [0.05, 0.1) is 25.2 Å². The molecule has 0 unspecified atom stereocenters. The predicted molar refractivity (Wildman–Crippen MR) is 125 cm³/mol. The van der Waals surface area contributed by atoms with E-state index in [1.54, 1.807) is 32.2 Å². The largest absolute Gasteiger partial charge is 0.496 e. The molecule has 0 spiro atoms. The molecule has 0 amide bonds. The number of para-hydroxylation sites is 1. The van der Waals surface area contributed by atoms with Crippen LogP contribution < -0.4 is 10.1 Å². The second kappa shape index (κ2) is 10.2. The number of Topliss-reactive ketones (excluding diaryl/α,β-unsaturated/α-hetero) is 1. The maximum absolute atomic E-state index is 15.0. The molecule has 2 aliphatic rings. The van der Waals surface area contributed by atoms with E-state index in [0.717, 1.165) is 11.3 Å². The molecule has 0 aromatic heterocycles. The quantitative estimate of drug-likeness (QED) is 0.483. The van der Waals surface area contributed by atoms with Crippen molar-refractivity contribution in [3.05, 3.63) is 88.0 Å². The molecule has 2 aromatic carbocycles. The van der Waals surface area contributed by atoms with Crippen LogP contribution in [0.3, 0.4) is 0 Å². The zero-order valence-electron chi connectivity index (χ0n) is 19.5. The molecule has 2 atom stereocenters. The van der Waals surface area contributed by atoms with E-state index in [1.165, 1.54) is 13.2 Å². The van der Waals surface area contributed by atoms with E-state index in [4.69, 9.17) is 14.2 Å². The summed E-state index contributed by atoms with van der Waals surface area (Å²) in [6.45, 7) is 2.05. The van der Waals surface area contributed by atoms with Crippen LogP contribution in [-0.4, -0.2) is 39.2 Å². The molecule has 0 saturated carbocycles. The van der Waals surface area contributed by atoms with Gasteiger partial charge in [0.15, 0.2) is 5.78 Å². The minimum absolute atomic E-state index is 0.0613. The summed E-state index contributed by atoms with van der Waals surface area (Å²) in [5.74, 6) is -1.43. The average molecular weight is 466 g/mol. The van der Waals surface area contributed by atoms with Gasteiger partial charge in [-0.2, -0.15) is 0 Å². The summed E-state index contributed by atoms with van der Waals surface area (Å²) >= 11 is 0. The molecule has 1 aliphatic carbocycles. The number of ketones is 1. The minimum Gasteiger partial charge on any atom is -0.496 e. The Morgan fingerprint density at radius 2 is 1.74 bits per heavy atom. The van der Waals surface area contributed by atoms with Crippen LogP contribution in [0, 0.1) is 5.82 Å². The lowest BCUT2D eigenvalue weighted by atomic mass is 9.71. The average Bonchev–Trinajstić information content (AvgIpc) is 2.83. The maximum atomic E-state index is 15.0. The van der Waals surface area contributed by atoms with Gasteiger partial charge in [-0.3, -0.25) is 4.79 Å². The molecule has 4 rings (SSSR count). The Bertz CT molecular complexity index is 1170. The molecule has 34 heavy (non-hydrogen) atoms. The molecular weight excluding hydrogens is 437 g/mol. The number of benzene rings is 2. The Kier molecular flexibility index (Phi) is 7.12. The highest BCUT2D eigenvalue weighted by atomic mass is 19.1. The fourth-order valence-corrected chi connectivity index (χ4v) is 4.85. The van der Waals surface area contributed by atoms with E-state index in [9.17, 15) is 9.59 Å². The van der Waals surface area contributed by atoms with Crippen LogP contribution in [0.25, 0.3) is 0 Å². The second-order valence-electron chi connectivity index (χ2n) is 8.41. The zero-order valence-corrected chi connectivity index (χ0v) is 19.5. The van der Waals surface area contributed by atoms with E-state index in [1.807, 2.05) is 24.3 Å². The summed E-state index contributed by atoms with van der Waals surface area (Å²) in [4.78, 5) is 26.7. The topological polar surface area (TPSA) is 73.9 Å². The molecular formula is C27H28FNO5. The number of carbonyl (C=O) groups is 2. The first kappa shape index (κ1) is 23.7. The van der Waals surface area contributed by atoms with Crippen molar-refractivity contribution in [3.8, 4) is 5.75 Å². The van der Waals surface area contributed by atoms with Crippen molar-refractivity contribution >= 4 is 11.8 Å². The predicted octanol–water partition coefficient (Wildman–Crippen LogP) is 4.39. The number of halogens is 1. The zero-order chi connectivity index (χ0) is 24.2. The number of nitrogens with one attached hydrogen (secondary N) is 1. The minimum atomic E-state index is -0.849. The van der Waals surface area contributed by atoms with Gasteiger partial charge in [0.25, 0.3) is 0 Å². The van der Waals surface area contributed by atoms with Crippen LogP contribution in [0.5, 0.6) is 5.75 Å². The highest BCUT2D eigenvalue weighted by Gasteiger charge is 2.42.